The van der Waals surface area contributed by atoms with Crippen molar-refractivity contribution in [3.8, 4) is 5.82 Å². The summed E-state index contributed by atoms with van der Waals surface area (Å²) in [5.74, 6) is 2.64. The molecule has 1 saturated heterocycles. The van der Waals surface area contributed by atoms with E-state index < -0.39 is 0 Å². The predicted molar refractivity (Wildman–Crippen MR) is 97.3 cm³/mol. The van der Waals surface area contributed by atoms with E-state index in [4.69, 9.17) is 4.98 Å². The second-order valence-corrected chi connectivity index (χ2v) is 6.29. The molecule has 7 heteroatoms. The fourth-order valence-electron chi connectivity index (χ4n) is 2.98. The zero-order valence-electron chi connectivity index (χ0n) is 14.5. The standard InChI is InChI=1S/C18H21N7/c1-14-12-20-25(13-14)17-5-3-4-16(22-17)23-8-10-24(11-9-23)18-19-7-6-15(2)21-18/h3-7,12-13H,8-11H2,1-2H3. The highest BCUT2D eigenvalue weighted by atomic mass is 15.3. The van der Waals surface area contributed by atoms with Crippen LogP contribution in [0.5, 0.6) is 0 Å². The minimum atomic E-state index is 0.813. The van der Waals surface area contributed by atoms with Crippen LogP contribution >= 0.6 is 0 Å². The van der Waals surface area contributed by atoms with E-state index in [1.165, 1.54) is 0 Å². The van der Waals surface area contributed by atoms with Crippen LogP contribution in [0.2, 0.25) is 0 Å². The molecule has 0 aromatic carbocycles. The molecule has 4 heterocycles. The third kappa shape index (κ3) is 3.31. The van der Waals surface area contributed by atoms with Gasteiger partial charge >= 0.3 is 0 Å². The first-order valence-corrected chi connectivity index (χ1v) is 8.47. The Morgan fingerprint density at radius 3 is 2.36 bits per heavy atom. The third-order valence-electron chi connectivity index (χ3n) is 4.33. The fourth-order valence-corrected chi connectivity index (χ4v) is 2.98. The first kappa shape index (κ1) is 15.6. The zero-order valence-corrected chi connectivity index (χ0v) is 14.5. The minimum absolute atomic E-state index is 0.813. The number of nitrogens with zero attached hydrogens (tertiary/aromatic N) is 7. The molecule has 3 aromatic rings. The van der Waals surface area contributed by atoms with Crippen molar-refractivity contribution in [2.75, 3.05) is 36.0 Å². The number of hydrogen-bond acceptors (Lipinski definition) is 6. The highest BCUT2D eigenvalue weighted by molar-refractivity contribution is 5.45. The van der Waals surface area contributed by atoms with Crippen LogP contribution in [-0.2, 0) is 0 Å². The topological polar surface area (TPSA) is 63.0 Å². The molecular weight excluding hydrogens is 314 g/mol. The van der Waals surface area contributed by atoms with Crippen LogP contribution in [0.25, 0.3) is 5.82 Å². The van der Waals surface area contributed by atoms with Crippen LogP contribution in [0.15, 0.2) is 42.9 Å². The Balaban J connectivity index is 1.47. The molecule has 4 rings (SSSR count). The Morgan fingerprint density at radius 2 is 1.64 bits per heavy atom. The number of aromatic nitrogens is 5. The van der Waals surface area contributed by atoms with Crippen molar-refractivity contribution in [3.05, 3.63) is 54.1 Å². The monoisotopic (exact) mass is 335 g/mol. The molecule has 3 aromatic heterocycles. The first-order valence-electron chi connectivity index (χ1n) is 8.47. The van der Waals surface area contributed by atoms with Crippen LogP contribution in [0.1, 0.15) is 11.3 Å². The predicted octanol–water partition coefficient (Wildman–Crippen LogP) is 2.00. The Kier molecular flexibility index (Phi) is 4.05. The van der Waals surface area contributed by atoms with Gasteiger partial charge in [0.1, 0.15) is 5.82 Å². The molecule has 0 aliphatic carbocycles. The number of anilines is 2. The molecule has 7 nitrogen and oxygen atoms in total. The van der Waals surface area contributed by atoms with Gasteiger partial charge in [0.15, 0.2) is 5.82 Å². The van der Waals surface area contributed by atoms with Crippen molar-refractivity contribution in [3.63, 3.8) is 0 Å². The van der Waals surface area contributed by atoms with Gasteiger partial charge in [-0.2, -0.15) is 5.10 Å². The number of rotatable bonds is 3. The van der Waals surface area contributed by atoms with E-state index in [0.29, 0.717) is 0 Å². The van der Waals surface area contributed by atoms with E-state index in [1.54, 1.807) is 0 Å². The fraction of sp³-hybridized carbons (Fsp3) is 0.333. The lowest BCUT2D eigenvalue weighted by atomic mass is 10.3. The average Bonchev–Trinajstić information content (AvgIpc) is 3.08. The van der Waals surface area contributed by atoms with Crippen molar-refractivity contribution in [1.82, 2.24) is 24.7 Å². The SMILES string of the molecule is Cc1cnn(-c2cccc(N3CCN(c4nccc(C)n4)CC3)n2)c1. The summed E-state index contributed by atoms with van der Waals surface area (Å²) in [5, 5.41) is 4.34. The van der Waals surface area contributed by atoms with Gasteiger partial charge in [-0.05, 0) is 37.6 Å². The molecule has 0 amide bonds. The van der Waals surface area contributed by atoms with Gasteiger partial charge in [-0.3, -0.25) is 0 Å². The van der Waals surface area contributed by atoms with Crippen LogP contribution < -0.4 is 9.80 Å². The molecule has 0 spiro atoms. The van der Waals surface area contributed by atoms with E-state index in [9.17, 15) is 0 Å². The number of pyridine rings is 1. The van der Waals surface area contributed by atoms with Gasteiger partial charge in [-0.1, -0.05) is 6.07 Å². The van der Waals surface area contributed by atoms with Crippen molar-refractivity contribution >= 4 is 11.8 Å². The van der Waals surface area contributed by atoms with Crippen LogP contribution in [0.4, 0.5) is 11.8 Å². The smallest absolute Gasteiger partial charge is 0.225 e. The quantitative estimate of drug-likeness (QED) is 0.729. The molecule has 0 bridgehead atoms. The summed E-state index contributed by atoms with van der Waals surface area (Å²) in [6.07, 6.45) is 5.65. The molecule has 1 aliphatic heterocycles. The maximum absolute atomic E-state index is 4.77. The lowest BCUT2D eigenvalue weighted by molar-refractivity contribution is 0.632. The van der Waals surface area contributed by atoms with Crippen LogP contribution in [0, 0.1) is 13.8 Å². The van der Waals surface area contributed by atoms with Crippen LogP contribution in [-0.4, -0.2) is 50.9 Å². The molecule has 0 N–H and O–H groups in total. The van der Waals surface area contributed by atoms with Gasteiger partial charge in [0.05, 0.1) is 6.20 Å². The largest absolute Gasteiger partial charge is 0.353 e. The third-order valence-corrected chi connectivity index (χ3v) is 4.33. The Hall–Kier alpha value is -2.96. The van der Waals surface area contributed by atoms with E-state index in [0.717, 1.165) is 55.0 Å². The first-order chi connectivity index (χ1) is 12.2. The van der Waals surface area contributed by atoms with Gasteiger partial charge in [0.25, 0.3) is 0 Å². The number of aryl methyl sites for hydroxylation is 2. The lowest BCUT2D eigenvalue weighted by Gasteiger charge is -2.35. The summed E-state index contributed by atoms with van der Waals surface area (Å²) < 4.78 is 1.82. The Bertz CT molecular complexity index is 865. The molecule has 0 saturated carbocycles. The normalized spacial score (nSPS) is 14.8. The second kappa shape index (κ2) is 6.51. The van der Waals surface area contributed by atoms with Crippen molar-refractivity contribution in [2.24, 2.45) is 0 Å². The van der Waals surface area contributed by atoms with Gasteiger partial charge in [0.2, 0.25) is 5.95 Å². The molecule has 1 aliphatic rings. The van der Waals surface area contributed by atoms with E-state index in [1.807, 2.05) is 55.3 Å². The van der Waals surface area contributed by atoms with Gasteiger partial charge < -0.3 is 9.80 Å². The minimum Gasteiger partial charge on any atom is -0.353 e. The summed E-state index contributed by atoms with van der Waals surface area (Å²) in [6, 6.07) is 7.99. The maximum atomic E-state index is 4.77. The summed E-state index contributed by atoms with van der Waals surface area (Å²) >= 11 is 0. The second-order valence-electron chi connectivity index (χ2n) is 6.29. The lowest BCUT2D eigenvalue weighted by Crippen LogP contribution is -2.47. The van der Waals surface area contributed by atoms with Crippen molar-refractivity contribution in [1.29, 1.82) is 0 Å². The molecule has 0 atom stereocenters. The zero-order chi connectivity index (χ0) is 17.2. The van der Waals surface area contributed by atoms with Crippen molar-refractivity contribution < 1.29 is 0 Å². The Labute approximate surface area is 147 Å². The number of hydrogen-bond donors (Lipinski definition) is 0. The van der Waals surface area contributed by atoms with E-state index in [-0.39, 0.29) is 0 Å². The van der Waals surface area contributed by atoms with E-state index in [2.05, 4.69) is 30.9 Å². The van der Waals surface area contributed by atoms with Gasteiger partial charge in [-0.15, -0.1) is 0 Å². The molecule has 0 unspecified atom stereocenters. The Morgan fingerprint density at radius 1 is 0.880 bits per heavy atom. The highest BCUT2D eigenvalue weighted by Gasteiger charge is 2.20. The highest BCUT2D eigenvalue weighted by Crippen LogP contribution is 2.18. The molecule has 1 fully saturated rings. The van der Waals surface area contributed by atoms with Gasteiger partial charge in [0, 0.05) is 44.3 Å². The average molecular weight is 335 g/mol. The summed E-state index contributed by atoms with van der Waals surface area (Å²) in [5.41, 5.74) is 2.12. The van der Waals surface area contributed by atoms with Crippen molar-refractivity contribution in [2.45, 2.75) is 13.8 Å². The molecule has 25 heavy (non-hydrogen) atoms. The molecule has 0 radical (unpaired) electrons. The molecular formula is C18H21N7. The maximum Gasteiger partial charge on any atom is 0.225 e. The van der Waals surface area contributed by atoms with Gasteiger partial charge in [-0.25, -0.2) is 19.6 Å². The van der Waals surface area contributed by atoms with Crippen LogP contribution in [0.3, 0.4) is 0 Å². The van der Waals surface area contributed by atoms with E-state index >= 15 is 0 Å². The summed E-state index contributed by atoms with van der Waals surface area (Å²) in [7, 11) is 0. The summed E-state index contributed by atoms with van der Waals surface area (Å²) in [4.78, 5) is 18.2. The number of piperazine rings is 1. The molecule has 128 valence electrons. The summed E-state index contributed by atoms with van der Waals surface area (Å²) in [6.45, 7) is 7.58.